The Kier molecular flexibility index (Phi) is 5.74. The summed E-state index contributed by atoms with van der Waals surface area (Å²) in [5.41, 5.74) is 4.08. The number of rotatable bonds is 6. The van der Waals surface area contributed by atoms with Gasteiger partial charge in [0, 0.05) is 17.4 Å². The number of hydrogen-bond acceptors (Lipinski definition) is 6. The number of nitrogens with one attached hydrogen (secondary N) is 1. The molecule has 0 radical (unpaired) electrons. The first-order valence-electron chi connectivity index (χ1n) is 11.3. The number of benzene rings is 2. The SMILES string of the molecule is Cc1cccc(-c2noc(-c3cccn4c(=O)n(CC(=O)Nc5cccc(C(C)C)c5)nc34)n2)c1. The molecule has 0 bridgehead atoms. The van der Waals surface area contributed by atoms with Crippen molar-refractivity contribution >= 4 is 17.2 Å². The monoisotopic (exact) mass is 468 g/mol. The van der Waals surface area contributed by atoms with Crippen LogP contribution in [0.25, 0.3) is 28.5 Å². The van der Waals surface area contributed by atoms with Crippen LogP contribution in [-0.4, -0.2) is 30.2 Å². The number of anilines is 1. The van der Waals surface area contributed by atoms with Crippen LogP contribution in [0.4, 0.5) is 5.69 Å². The molecule has 0 saturated carbocycles. The van der Waals surface area contributed by atoms with Crippen LogP contribution in [0, 0.1) is 6.92 Å². The first-order valence-corrected chi connectivity index (χ1v) is 11.3. The summed E-state index contributed by atoms with van der Waals surface area (Å²) in [6.07, 6.45) is 1.59. The number of carbonyl (C=O) groups is 1. The van der Waals surface area contributed by atoms with E-state index in [1.54, 1.807) is 18.3 Å². The molecule has 2 aromatic carbocycles. The third kappa shape index (κ3) is 4.48. The maximum absolute atomic E-state index is 12.9. The Morgan fingerprint density at radius 1 is 1.09 bits per heavy atom. The zero-order chi connectivity index (χ0) is 24.5. The molecule has 3 aromatic heterocycles. The summed E-state index contributed by atoms with van der Waals surface area (Å²) >= 11 is 0. The molecule has 0 aliphatic rings. The van der Waals surface area contributed by atoms with E-state index in [4.69, 9.17) is 4.52 Å². The third-order valence-corrected chi connectivity index (χ3v) is 5.67. The van der Waals surface area contributed by atoms with Gasteiger partial charge in [-0.3, -0.25) is 4.79 Å². The minimum Gasteiger partial charge on any atom is -0.333 e. The van der Waals surface area contributed by atoms with Crippen LogP contribution in [0.15, 0.2) is 76.2 Å². The number of carbonyl (C=O) groups excluding carboxylic acids is 1. The molecule has 0 spiro atoms. The summed E-state index contributed by atoms with van der Waals surface area (Å²) in [6, 6.07) is 18.9. The lowest BCUT2D eigenvalue weighted by Crippen LogP contribution is -2.28. The Bertz CT molecular complexity index is 1590. The van der Waals surface area contributed by atoms with Gasteiger partial charge in [0.15, 0.2) is 5.65 Å². The van der Waals surface area contributed by atoms with Crippen molar-refractivity contribution in [3.05, 3.63) is 88.5 Å². The largest absolute Gasteiger partial charge is 0.350 e. The summed E-state index contributed by atoms with van der Waals surface area (Å²) < 4.78 is 7.97. The molecule has 9 heteroatoms. The summed E-state index contributed by atoms with van der Waals surface area (Å²) in [5, 5.41) is 11.3. The van der Waals surface area contributed by atoms with Crippen LogP contribution in [0.3, 0.4) is 0 Å². The average Bonchev–Trinajstić information content (AvgIpc) is 3.45. The highest BCUT2D eigenvalue weighted by Crippen LogP contribution is 2.25. The molecule has 0 unspecified atom stereocenters. The van der Waals surface area contributed by atoms with E-state index in [-0.39, 0.29) is 18.3 Å². The molecule has 0 aliphatic heterocycles. The Balaban J connectivity index is 1.43. The number of nitrogens with zero attached hydrogens (tertiary/aromatic N) is 5. The zero-order valence-corrected chi connectivity index (χ0v) is 19.6. The van der Waals surface area contributed by atoms with Gasteiger partial charge < -0.3 is 9.84 Å². The minimum absolute atomic E-state index is 0.232. The second kappa shape index (κ2) is 9.02. The second-order valence-corrected chi connectivity index (χ2v) is 8.68. The van der Waals surface area contributed by atoms with E-state index in [1.807, 2.05) is 55.5 Å². The van der Waals surface area contributed by atoms with Gasteiger partial charge in [-0.25, -0.2) is 13.9 Å². The van der Waals surface area contributed by atoms with Gasteiger partial charge in [0.1, 0.15) is 6.54 Å². The zero-order valence-electron chi connectivity index (χ0n) is 19.6. The molecule has 35 heavy (non-hydrogen) atoms. The maximum atomic E-state index is 12.9. The molecule has 0 saturated heterocycles. The van der Waals surface area contributed by atoms with E-state index in [0.717, 1.165) is 21.4 Å². The molecule has 9 nitrogen and oxygen atoms in total. The van der Waals surface area contributed by atoms with E-state index in [2.05, 4.69) is 34.4 Å². The van der Waals surface area contributed by atoms with E-state index in [9.17, 15) is 9.59 Å². The lowest BCUT2D eigenvalue weighted by Gasteiger charge is -2.09. The standard InChI is InChI=1S/C26H24N6O3/c1-16(2)18-8-5-10-20(14-18)27-22(33)15-32-26(34)31-12-6-11-21(24(31)29-32)25-28-23(30-35-25)19-9-4-7-17(3)13-19/h4-14,16H,15H2,1-3H3,(H,27,33). The van der Waals surface area contributed by atoms with Crippen LogP contribution < -0.4 is 11.0 Å². The maximum Gasteiger partial charge on any atom is 0.350 e. The molecule has 0 fully saturated rings. The summed E-state index contributed by atoms with van der Waals surface area (Å²) in [4.78, 5) is 30.1. The first-order chi connectivity index (χ1) is 16.9. The first kappa shape index (κ1) is 22.3. The van der Waals surface area contributed by atoms with Crippen molar-refractivity contribution < 1.29 is 9.32 Å². The molecule has 0 aliphatic carbocycles. The quantitative estimate of drug-likeness (QED) is 0.399. The lowest BCUT2D eigenvalue weighted by atomic mass is 10.0. The smallest absolute Gasteiger partial charge is 0.333 e. The highest BCUT2D eigenvalue weighted by Gasteiger charge is 2.19. The van der Waals surface area contributed by atoms with Crippen LogP contribution in [0.1, 0.15) is 30.9 Å². The lowest BCUT2D eigenvalue weighted by molar-refractivity contribution is -0.117. The van der Waals surface area contributed by atoms with Gasteiger partial charge in [-0.1, -0.05) is 54.9 Å². The number of hydrogen-bond donors (Lipinski definition) is 1. The number of fused-ring (bicyclic) bond motifs is 1. The van der Waals surface area contributed by atoms with E-state index < -0.39 is 5.69 Å². The Morgan fingerprint density at radius 3 is 2.71 bits per heavy atom. The molecule has 3 heterocycles. The predicted octanol–water partition coefficient (Wildman–Crippen LogP) is 4.28. The predicted molar refractivity (Wildman–Crippen MR) is 132 cm³/mol. The van der Waals surface area contributed by atoms with Gasteiger partial charge in [0.05, 0.1) is 5.56 Å². The van der Waals surface area contributed by atoms with Crippen molar-refractivity contribution in [2.24, 2.45) is 0 Å². The Hall–Kier alpha value is -4.53. The fourth-order valence-electron chi connectivity index (χ4n) is 3.85. The number of pyridine rings is 1. The van der Waals surface area contributed by atoms with Crippen LogP contribution in [0.5, 0.6) is 0 Å². The molecule has 1 N–H and O–H groups in total. The number of aryl methyl sites for hydroxylation is 1. The fourth-order valence-corrected chi connectivity index (χ4v) is 3.85. The van der Waals surface area contributed by atoms with Crippen molar-refractivity contribution in [3.63, 3.8) is 0 Å². The Morgan fingerprint density at radius 2 is 1.91 bits per heavy atom. The molecule has 5 aromatic rings. The normalized spacial score (nSPS) is 11.3. The molecule has 176 valence electrons. The Labute approximate surface area is 201 Å². The van der Waals surface area contributed by atoms with E-state index >= 15 is 0 Å². The average molecular weight is 469 g/mol. The highest BCUT2D eigenvalue weighted by molar-refractivity contribution is 5.90. The van der Waals surface area contributed by atoms with Crippen molar-refractivity contribution in [2.45, 2.75) is 33.2 Å². The molecular weight excluding hydrogens is 444 g/mol. The third-order valence-electron chi connectivity index (χ3n) is 5.67. The van der Waals surface area contributed by atoms with Crippen LogP contribution in [-0.2, 0) is 11.3 Å². The summed E-state index contributed by atoms with van der Waals surface area (Å²) in [7, 11) is 0. The van der Waals surface area contributed by atoms with Crippen molar-refractivity contribution in [3.8, 4) is 22.8 Å². The van der Waals surface area contributed by atoms with Crippen LogP contribution in [0.2, 0.25) is 0 Å². The molecule has 1 amide bonds. The van der Waals surface area contributed by atoms with Crippen LogP contribution >= 0.6 is 0 Å². The van der Waals surface area contributed by atoms with Gasteiger partial charge in [-0.05, 0) is 48.7 Å². The van der Waals surface area contributed by atoms with E-state index in [1.165, 1.54) is 4.40 Å². The van der Waals surface area contributed by atoms with Gasteiger partial charge in [-0.15, -0.1) is 5.10 Å². The van der Waals surface area contributed by atoms with Crippen molar-refractivity contribution in [1.82, 2.24) is 24.3 Å². The molecule has 5 rings (SSSR count). The topological polar surface area (TPSA) is 107 Å². The van der Waals surface area contributed by atoms with Gasteiger partial charge in [0.25, 0.3) is 5.89 Å². The van der Waals surface area contributed by atoms with Gasteiger partial charge in [-0.2, -0.15) is 4.98 Å². The van der Waals surface area contributed by atoms with E-state index in [0.29, 0.717) is 28.6 Å². The summed E-state index contributed by atoms with van der Waals surface area (Å²) in [6.45, 7) is 5.93. The van der Waals surface area contributed by atoms with Crippen molar-refractivity contribution in [1.29, 1.82) is 0 Å². The molecular formula is C26H24N6O3. The van der Waals surface area contributed by atoms with Gasteiger partial charge in [0.2, 0.25) is 11.7 Å². The molecule has 0 atom stereocenters. The second-order valence-electron chi connectivity index (χ2n) is 8.68. The van der Waals surface area contributed by atoms with Gasteiger partial charge >= 0.3 is 5.69 Å². The number of aromatic nitrogens is 5. The fraction of sp³-hybridized carbons (Fsp3) is 0.192. The van der Waals surface area contributed by atoms with Crippen molar-refractivity contribution in [2.75, 3.05) is 5.32 Å². The summed E-state index contributed by atoms with van der Waals surface area (Å²) in [5.74, 6) is 0.662. The highest BCUT2D eigenvalue weighted by atomic mass is 16.5. The number of amides is 1. The minimum atomic E-state index is -0.439.